The first kappa shape index (κ1) is 15.7. The summed E-state index contributed by atoms with van der Waals surface area (Å²) < 4.78 is 0. The van der Waals surface area contributed by atoms with Crippen LogP contribution in [0.15, 0.2) is 36.0 Å². The first-order valence-corrected chi connectivity index (χ1v) is 8.14. The summed E-state index contributed by atoms with van der Waals surface area (Å²) in [6.45, 7) is 3.19. The Balaban J connectivity index is 2.15. The largest absolute Gasteiger partial charge is 0.480 e. The van der Waals surface area contributed by atoms with Gasteiger partial charge in [-0.1, -0.05) is 23.7 Å². The van der Waals surface area contributed by atoms with E-state index < -0.39 is 11.5 Å². The van der Waals surface area contributed by atoms with Gasteiger partial charge in [0.05, 0.1) is 5.39 Å². The fourth-order valence-electron chi connectivity index (χ4n) is 2.16. The minimum atomic E-state index is -1.14. The molecule has 23 heavy (non-hydrogen) atoms. The lowest BCUT2D eigenvalue weighted by molar-refractivity contribution is -0.141. The molecule has 0 radical (unpaired) electrons. The highest BCUT2D eigenvalue weighted by Gasteiger charge is 2.28. The van der Waals surface area contributed by atoms with Gasteiger partial charge in [-0.3, -0.25) is 0 Å². The lowest BCUT2D eigenvalue weighted by Gasteiger charge is -2.22. The average molecular weight is 348 g/mol. The molecule has 2 aromatic heterocycles. The Morgan fingerprint density at radius 2 is 1.96 bits per heavy atom. The summed E-state index contributed by atoms with van der Waals surface area (Å²) in [5, 5.41) is 15.8. The molecule has 3 aromatic rings. The number of benzene rings is 1. The fraction of sp³-hybridized carbons (Fsp3) is 0.188. The van der Waals surface area contributed by atoms with Gasteiger partial charge in [0.2, 0.25) is 0 Å². The van der Waals surface area contributed by atoms with Gasteiger partial charge in [-0.2, -0.15) is 0 Å². The lowest BCUT2D eigenvalue weighted by Crippen LogP contribution is -2.40. The van der Waals surface area contributed by atoms with Crippen LogP contribution in [0.1, 0.15) is 13.8 Å². The van der Waals surface area contributed by atoms with Crippen molar-refractivity contribution in [3.8, 4) is 11.1 Å². The molecule has 0 aliphatic heterocycles. The maximum atomic E-state index is 11.4. The number of rotatable bonds is 4. The first-order chi connectivity index (χ1) is 10.9. The first-order valence-electron chi connectivity index (χ1n) is 6.88. The number of fused-ring (bicyclic) bond motifs is 1. The molecule has 7 heteroatoms. The molecule has 2 heterocycles. The Kier molecular flexibility index (Phi) is 3.95. The number of thiophene rings is 1. The molecular formula is C16H14ClN3O2S. The molecule has 3 rings (SSSR count). The molecule has 0 aliphatic carbocycles. The number of aromatic nitrogens is 2. The second kappa shape index (κ2) is 5.79. The van der Waals surface area contributed by atoms with Crippen LogP contribution in [0.3, 0.4) is 0 Å². The predicted octanol–water partition coefficient (Wildman–Crippen LogP) is 4.29. The Labute approximate surface area is 142 Å². The van der Waals surface area contributed by atoms with Crippen molar-refractivity contribution in [2.24, 2.45) is 0 Å². The summed E-state index contributed by atoms with van der Waals surface area (Å²) in [6, 6.07) is 7.48. The van der Waals surface area contributed by atoms with Crippen LogP contribution in [0.25, 0.3) is 21.3 Å². The standard InChI is InChI=1S/C16H14ClN3O2S/c1-16(2,15(21)22)20-13-12-11(7-23-14(12)19-8-18-13)9-3-5-10(17)6-4-9/h3-8H,1-2H3,(H,21,22)(H,18,19,20). The number of anilines is 1. The maximum absolute atomic E-state index is 11.4. The zero-order valence-electron chi connectivity index (χ0n) is 12.5. The summed E-state index contributed by atoms with van der Waals surface area (Å²) in [7, 11) is 0. The molecule has 0 spiro atoms. The summed E-state index contributed by atoms with van der Waals surface area (Å²) >= 11 is 7.43. The monoisotopic (exact) mass is 347 g/mol. The molecule has 0 saturated heterocycles. The Morgan fingerprint density at radius 3 is 2.61 bits per heavy atom. The van der Waals surface area contributed by atoms with Crippen molar-refractivity contribution in [2.45, 2.75) is 19.4 Å². The van der Waals surface area contributed by atoms with Crippen molar-refractivity contribution in [3.05, 3.63) is 41.0 Å². The molecule has 0 amide bonds. The highest BCUT2D eigenvalue weighted by atomic mass is 35.5. The van der Waals surface area contributed by atoms with Gasteiger partial charge in [0.1, 0.15) is 22.5 Å². The topological polar surface area (TPSA) is 75.1 Å². The Hall–Kier alpha value is -2.18. The molecular weight excluding hydrogens is 334 g/mol. The smallest absolute Gasteiger partial charge is 0.328 e. The number of carbonyl (C=O) groups is 1. The fourth-order valence-corrected chi connectivity index (χ4v) is 3.20. The quantitative estimate of drug-likeness (QED) is 0.736. The number of aliphatic carboxylic acids is 1. The van der Waals surface area contributed by atoms with Crippen LogP contribution >= 0.6 is 22.9 Å². The summed E-state index contributed by atoms with van der Waals surface area (Å²) in [5.74, 6) is -0.443. The number of hydrogen-bond acceptors (Lipinski definition) is 5. The van der Waals surface area contributed by atoms with Crippen molar-refractivity contribution in [2.75, 3.05) is 5.32 Å². The minimum Gasteiger partial charge on any atom is -0.480 e. The SMILES string of the molecule is CC(C)(Nc1ncnc2scc(-c3ccc(Cl)cc3)c12)C(=O)O. The van der Waals surface area contributed by atoms with Gasteiger partial charge in [-0.15, -0.1) is 11.3 Å². The summed E-state index contributed by atoms with van der Waals surface area (Å²) in [5.41, 5.74) is 0.790. The molecule has 0 bridgehead atoms. The third-order valence-electron chi connectivity index (χ3n) is 3.49. The zero-order valence-corrected chi connectivity index (χ0v) is 14.1. The van der Waals surface area contributed by atoms with E-state index in [0.717, 1.165) is 21.3 Å². The van der Waals surface area contributed by atoms with Gasteiger partial charge in [-0.25, -0.2) is 14.8 Å². The van der Waals surface area contributed by atoms with Gasteiger partial charge < -0.3 is 10.4 Å². The number of nitrogens with one attached hydrogen (secondary N) is 1. The average Bonchev–Trinajstić information content (AvgIpc) is 2.93. The van der Waals surface area contributed by atoms with Crippen molar-refractivity contribution in [1.82, 2.24) is 9.97 Å². The number of carboxylic acids is 1. The van der Waals surface area contributed by atoms with Crippen LogP contribution in [0.4, 0.5) is 5.82 Å². The van der Waals surface area contributed by atoms with Crippen LogP contribution in [0.5, 0.6) is 0 Å². The van der Waals surface area contributed by atoms with E-state index in [1.165, 1.54) is 17.7 Å². The van der Waals surface area contributed by atoms with Crippen molar-refractivity contribution >= 4 is 44.9 Å². The Morgan fingerprint density at radius 1 is 1.26 bits per heavy atom. The normalized spacial score (nSPS) is 11.6. The van der Waals surface area contributed by atoms with Crippen molar-refractivity contribution in [1.29, 1.82) is 0 Å². The van der Waals surface area contributed by atoms with Gasteiger partial charge in [0.15, 0.2) is 0 Å². The summed E-state index contributed by atoms with van der Waals surface area (Å²) in [4.78, 5) is 20.7. The number of carboxylic acid groups (broad SMARTS) is 1. The number of nitrogens with zero attached hydrogens (tertiary/aromatic N) is 2. The number of halogens is 1. The van der Waals surface area contributed by atoms with Gasteiger partial charge in [-0.05, 0) is 31.5 Å². The molecule has 0 unspecified atom stereocenters. The van der Waals surface area contributed by atoms with Crippen molar-refractivity contribution in [3.63, 3.8) is 0 Å². The van der Waals surface area contributed by atoms with Crippen molar-refractivity contribution < 1.29 is 9.90 Å². The van der Waals surface area contributed by atoms with E-state index in [9.17, 15) is 9.90 Å². The van der Waals surface area contributed by atoms with Crippen LogP contribution in [0.2, 0.25) is 5.02 Å². The highest BCUT2D eigenvalue weighted by molar-refractivity contribution is 7.17. The van der Waals surface area contributed by atoms with Crippen LogP contribution in [0, 0.1) is 0 Å². The second-order valence-electron chi connectivity index (χ2n) is 5.61. The zero-order chi connectivity index (χ0) is 16.6. The predicted molar refractivity (Wildman–Crippen MR) is 93.2 cm³/mol. The van der Waals surface area contributed by atoms with E-state index in [1.807, 2.05) is 29.6 Å². The van der Waals surface area contributed by atoms with Gasteiger partial charge >= 0.3 is 5.97 Å². The van der Waals surface area contributed by atoms with Gasteiger partial charge in [0.25, 0.3) is 0 Å². The van der Waals surface area contributed by atoms with Crippen LogP contribution < -0.4 is 5.32 Å². The molecule has 0 atom stereocenters. The van der Waals surface area contributed by atoms with E-state index in [0.29, 0.717) is 10.8 Å². The van der Waals surface area contributed by atoms with E-state index in [4.69, 9.17) is 11.6 Å². The van der Waals surface area contributed by atoms with E-state index in [2.05, 4.69) is 15.3 Å². The second-order valence-corrected chi connectivity index (χ2v) is 6.91. The minimum absolute atomic E-state index is 0.508. The molecule has 0 aliphatic rings. The highest BCUT2D eigenvalue weighted by Crippen LogP contribution is 2.37. The maximum Gasteiger partial charge on any atom is 0.328 e. The van der Waals surface area contributed by atoms with E-state index in [1.54, 1.807) is 13.8 Å². The van der Waals surface area contributed by atoms with Crippen LogP contribution in [-0.4, -0.2) is 26.6 Å². The third-order valence-corrected chi connectivity index (χ3v) is 4.63. The van der Waals surface area contributed by atoms with E-state index in [-0.39, 0.29) is 0 Å². The molecule has 118 valence electrons. The molecule has 0 fully saturated rings. The molecule has 2 N–H and O–H groups in total. The van der Waals surface area contributed by atoms with E-state index >= 15 is 0 Å². The molecule has 1 aromatic carbocycles. The third kappa shape index (κ3) is 3.00. The van der Waals surface area contributed by atoms with Crippen LogP contribution in [-0.2, 0) is 4.79 Å². The lowest BCUT2D eigenvalue weighted by atomic mass is 10.0. The summed E-state index contributed by atoms with van der Waals surface area (Å²) in [6.07, 6.45) is 1.44. The number of hydrogen-bond donors (Lipinski definition) is 2. The van der Waals surface area contributed by atoms with Gasteiger partial charge in [0, 0.05) is 16.0 Å². The Bertz CT molecular complexity index is 875. The molecule has 5 nitrogen and oxygen atoms in total. The molecule has 0 saturated carbocycles.